The summed E-state index contributed by atoms with van der Waals surface area (Å²) in [6, 6.07) is 9.04. The predicted molar refractivity (Wildman–Crippen MR) is 101 cm³/mol. The number of carbonyl (C=O) groups excluding carboxylic acids is 1. The fourth-order valence-electron chi connectivity index (χ4n) is 2.45. The number of phenolic OH excluding ortho intramolecular Hbond substituents is 1. The highest BCUT2D eigenvalue weighted by atomic mass is 16.5. The molecule has 0 heterocycles. The Labute approximate surface area is 157 Å². The van der Waals surface area contributed by atoms with Crippen LogP contribution in [0.5, 0.6) is 17.2 Å². The number of nitrogens with one attached hydrogen (secondary N) is 1. The van der Waals surface area contributed by atoms with E-state index in [2.05, 4.69) is 5.32 Å². The van der Waals surface area contributed by atoms with Gasteiger partial charge in [0.1, 0.15) is 17.2 Å². The number of benzene rings is 2. The zero-order valence-corrected chi connectivity index (χ0v) is 15.7. The molecule has 0 saturated carbocycles. The summed E-state index contributed by atoms with van der Waals surface area (Å²) in [5, 5.41) is 21.2. The van der Waals surface area contributed by atoms with Crippen LogP contribution in [0.3, 0.4) is 0 Å². The second kappa shape index (κ2) is 7.99. The number of aromatic hydroxyl groups is 1. The van der Waals surface area contributed by atoms with Crippen LogP contribution < -0.4 is 14.8 Å². The molecule has 0 aliphatic heterocycles. The lowest BCUT2D eigenvalue weighted by atomic mass is 9.86. The molecule has 1 amide bonds. The van der Waals surface area contributed by atoms with Crippen LogP contribution in [0, 0.1) is 0 Å². The van der Waals surface area contributed by atoms with Crippen molar-refractivity contribution in [3.63, 3.8) is 0 Å². The van der Waals surface area contributed by atoms with Crippen molar-refractivity contribution in [1.82, 2.24) is 0 Å². The molecule has 0 spiro atoms. The highest BCUT2D eigenvalue weighted by Crippen LogP contribution is 2.34. The van der Waals surface area contributed by atoms with Gasteiger partial charge in [-0.2, -0.15) is 0 Å². The topological polar surface area (TPSA) is 105 Å². The zero-order valence-electron chi connectivity index (χ0n) is 15.7. The Morgan fingerprint density at radius 2 is 1.81 bits per heavy atom. The van der Waals surface area contributed by atoms with Crippen LogP contribution in [0.15, 0.2) is 36.4 Å². The SMILES string of the molecule is COc1ccc(OCC(=O)Nc2ccc(C(=O)O)cc2O)c(C(C)(C)C)c1. The molecule has 0 atom stereocenters. The molecule has 0 aliphatic carbocycles. The number of anilines is 1. The molecular formula is C20H23NO6. The third-order valence-corrected chi connectivity index (χ3v) is 3.87. The fourth-order valence-corrected chi connectivity index (χ4v) is 2.45. The first-order valence-electron chi connectivity index (χ1n) is 8.29. The van der Waals surface area contributed by atoms with Crippen molar-refractivity contribution in [2.75, 3.05) is 19.0 Å². The van der Waals surface area contributed by atoms with Crippen LogP contribution in [0.25, 0.3) is 0 Å². The van der Waals surface area contributed by atoms with E-state index in [1.165, 1.54) is 12.1 Å². The number of ether oxygens (including phenoxy) is 2. The molecular weight excluding hydrogens is 350 g/mol. The second-order valence-corrected chi connectivity index (χ2v) is 6.99. The third kappa shape index (κ3) is 5.13. The second-order valence-electron chi connectivity index (χ2n) is 6.99. The van der Waals surface area contributed by atoms with Crippen LogP contribution in [-0.4, -0.2) is 35.8 Å². The van der Waals surface area contributed by atoms with Crippen LogP contribution in [0.1, 0.15) is 36.7 Å². The lowest BCUT2D eigenvalue weighted by Gasteiger charge is -2.23. The molecule has 0 aliphatic rings. The van der Waals surface area contributed by atoms with Gasteiger partial charge in [-0.25, -0.2) is 4.79 Å². The van der Waals surface area contributed by atoms with Gasteiger partial charge in [0.15, 0.2) is 6.61 Å². The van der Waals surface area contributed by atoms with Crippen molar-refractivity contribution in [3.05, 3.63) is 47.5 Å². The molecule has 2 rings (SSSR count). The van der Waals surface area contributed by atoms with E-state index < -0.39 is 11.9 Å². The number of phenols is 1. The first-order valence-corrected chi connectivity index (χ1v) is 8.29. The normalized spacial score (nSPS) is 11.0. The predicted octanol–water partition coefficient (Wildman–Crippen LogP) is 3.41. The largest absolute Gasteiger partial charge is 0.506 e. The summed E-state index contributed by atoms with van der Waals surface area (Å²) in [6.07, 6.45) is 0. The maximum Gasteiger partial charge on any atom is 0.335 e. The van der Waals surface area contributed by atoms with Crippen molar-refractivity contribution >= 4 is 17.6 Å². The van der Waals surface area contributed by atoms with E-state index in [0.29, 0.717) is 11.5 Å². The zero-order chi connectivity index (χ0) is 20.2. The Hall–Kier alpha value is -3.22. The third-order valence-electron chi connectivity index (χ3n) is 3.87. The number of hydrogen-bond acceptors (Lipinski definition) is 5. The number of amides is 1. The monoisotopic (exact) mass is 373 g/mol. The minimum atomic E-state index is -1.17. The van der Waals surface area contributed by atoms with Gasteiger partial charge in [-0.1, -0.05) is 20.8 Å². The van der Waals surface area contributed by atoms with Crippen LogP contribution in [-0.2, 0) is 10.2 Å². The fraction of sp³-hybridized carbons (Fsp3) is 0.300. The van der Waals surface area contributed by atoms with E-state index in [1.54, 1.807) is 19.2 Å². The van der Waals surface area contributed by atoms with Crippen LogP contribution in [0.4, 0.5) is 5.69 Å². The van der Waals surface area contributed by atoms with Crippen molar-refractivity contribution in [2.24, 2.45) is 0 Å². The molecule has 2 aromatic rings. The molecule has 144 valence electrons. The number of carbonyl (C=O) groups is 2. The van der Waals surface area contributed by atoms with Crippen molar-refractivity contribution < 1.29 is 29.3 Å². The lowest BCUT2D eigenvalue weighted by Crippen LogP contribution is -2.22. The van der Waals surface area contributed by atoms with Gasteiger partial charge < -0.3 is 25.0 Å². The molecule has 2 aromatic carbocycles. The smallest absolute Gasteiger partial charge is 0.335 e. The average Bonchev–Trinajstić information content (AvgIpc) is 2.60. The highest BCUT2D eigenvalue weighted by Gasteiger charge is 2.21. The summed E-state index contributed by atoms with van der Waals surface area (Å²) in [5.74, 6) is -0.725. The first-order chi connectivity index (χ1) is 12.6. The molecule has 0 unspecified atom stereocenters. The molecule has 3 N–H and O–H groups in total. The molecule has 0 aromatic heterocycles. The van der Waals surface area contributed by atoms with Crippen molar-refractivity contribution in [3.8, 4) is 17.2 Å². The molecule has 0 radical (unpaired) electrons. The van der Waals surface area contributed by atoms with Gasteiger partial charge in [-0.05, 0) is 41.8 Å². The van der Waals surface area contributed by atoms with Crippen molar-refractivity contribution in [1.29, 1.82) is 0 Å². The highest BCUT2D eigenvalue weighted by molar-refractivity contribution is 5.95. The van der Waals surface area contributed by atoms with Gasteiger partial charge in [0, 0.05) is 5.56 Å². The van der Waals surface area contributed by atoms with E-state index >= 15 is 0 Å². The molecule has 7 nitrogen and oxygen atoms in total. The van der Waals surface area contributed by atoms with Gasteiger partial charge in [0.05, 0.1) is 18.4 Å². The standard InChI is InChI=1S/C20H23NO6/c1-20(2,3)14-10-13(26-4)6-8-17(14)27-11-18(23)21-15-7-5-12(19(24)25)9-16(15)22/h5-10,22H,11H2,1-4H3,(H,21,23)(H,24,25). The van der Waals surface area contributed by atoms with Crippen LogP contribution >= 0.6 is 0 Å². The van der Waals surface area contributed by atoms with E-state index in [1.807, 2.05) is 26.8 Å². The lowest BCUT2D eigenvalue weighted by molar-refractivity contribution is -0.118. The summed E-state index contributed by atoms with van der Waals surface area (Å²) < 4.78 is 10.9. The maximum absolute atomic E-state index is 12.2. The van der Waals surface area contributed by atoms with Gasteiger partial charge in [0.25, 0.3) is 5.91 Å². The Morgan fingerprint density at radius 1 is 1.11 bits per heavy atom. The van der Waals surface area contributed by atoms with E-state index in [0.717, 1.165) is 11.6 Å². The minimum absolute atomic E-state index is 0.0743. The number of carboxylic acids is 1. The van der Waals surface area contributed by atoms with Gasteiger partial charge >= 0.3 is 5.97 Å². The Balaban J connectivity index is 2.09. The van der Waals surface area contributed by atoms with E-state index in [4.69, 9.17) is 14.6 Å². The van der Waals surface area contributed by atoms with Crippen LogP contribution in [0.2, 0.25) is 0 Å². The molecule has 0 saturated heterocycles. The number of hydrogen-bond donors (Lipinski definition) is 3. The number of rotatable bonds is 6. The first kappa shape index (κ1) is 20.1. The Bertz CT molecular complexity index is 854. The van der Waals surface area contributed by atoms with Crippen molar-refractivity contribution in [2.45, 2.75) is 26.2 Å². The molecule has 0 fully saturated rings. The summed E-state index contributed by atoms with van der Waals surface area (Å²) in [4.78, 5) is 23.0. The summed E-state index contributed by atoms with van der Waals surface area (Å²) in [6.45, 7) is 5.81. The summed E-state index contributed by atoms with van der Waals surface area (Å²) in [5.41, 5.74) is 0.711. The van der Waals surface area contributed by atoms with Gasteiger partial charge in [-0.15, -0.1) is 0 Å². The average molecular weight is 373 g/mol. The number of methoxy groups -OCH3 is 1. The number of aromatic carboxylic acids is 1. The molecule has 0 bridgehead atoms. The Morgan fingerprint density at radius 3 is 2.37 bits per heavy atom. The van der Waals surface area contributed by atoms with Gasteiger partial charge in [0.2, 0.25) is 0 Å². The van der Waals surface area contributed by atoms with Gasteiger partial charge in [-0.3, -0.25) is 4.79 Å². The molecule has 27 heavy (non-hydrogen) atoms. The van der Waals surface area contributed by atoms with E-state index in [-0.39, 0.29) is 29.0 Å². The number of carboxylic acid groups (broad SMARTS) is 1. The Kier molecular flexibility index (Phi) is 5.95. The maximum atomic E-state index is 12.2. The summed E-state index contributed by atoms with van der Waals surface area (Å²) >= 11 is 0. The molecule has 7 heteroatoms. The summed E-state index contributed by atoms with van der Waals surface area (Å²) in [7, 11) is 1.58. The minimum Gasteiger partial charge on any atom is -0.506 e. The quantitative estimate of drug-likeness (QED) is 0.670. The van der Waals surface area contributed by atoms with E-state index in [9.17, 15) is 14.7 Å².